The lowest BCUT2D eigenvalue weighted by Crippen LogP contribution is -2.29. The molecule has 0 aliphatic rings. The van der Waals surface area contributed by atoms with Gasteiger partial charge in [-0.25, -0.2) is 4.98 Å². The molecule has 0 bridgehead atoms. The van der Waals surface area contributed by atoms with Crippen LogP contribution in [-0.4, -0.2) is 21.9 Å². The Morgan fingerprint density at radius 2 is 2.62 bits per heavy atom. The maximum absolute atomic E-state index is 11.1. The Morgan fingerprint density at radius 3 is 3.15 bits per heavy atom. The number of carbonyl (C=O) groups excluding carboxylic acids is 1. The number of rotatable bonds is 4. The number of aromatic nitrogens is 2. The minimum Gasteiger partial charge on any atom is -0.350 e. The van der Waals surface area contributed by atoms with Gasteiger partial charge in [0.05, 0.1) is 18.6 Å². The van der Waals surface area contributed by atoms with E-state index in [1.165, 1.54) is 0 Å². The number of aromatic amines is 1. The molecule has 1 atom stereocenters. The molecule has 5 heteroatoms. The topological polar surface area (TPSA) is 83.8 Å². The number of nitrogens with one attached hydrogen (secondary N) is 2. The molecule has 0 aliphatic carbocycles. The maximum atomic E-state index is 11.1. The van der Waals surface area contributed by atoms with Crippen molar-refractivity contribution < 1.29 is 4.79 Å². The van der Waals surface area contributed by atoms with Crippen molar-refractivity contribution >= 4 is 5.91 Å². The molecule has 0 spiro atoms. The van der Waals surface area contributed by atoms with Gasteiger partial charge in [0.1, 0.15) is 0 Å². The summed E-state index contributed by atoms with van der Waals surface area (Å²) < 4.78 is 0. The van der Waals surface area contributed by atoms with E-state index in [4.69, 9.17) is 5.73 Å². The first-order valence-electron chi connectivity index (χ1n) is 4.18. The molecular formula is C8H14N4O. The van der Waals surface area contributed by atoms with Gasteiger partial charge in [0, 0.05) is 18.7 Å². The van der Waals surface area contributed by atoms with E-state index < -0.39 is 0 Å². The normalized spacial score (nSPS) is 12.5. The van der Waals surface area contributed by atoms with Crippen LogP contribution in [0.25, 0.3) is 0 Å². The van der Waals surface area contributed by atoms with Gasteiger partial charge in [0.15, 0.2) is 0 Å². The second-order valence-electron chi connectivity index (χ2n) is 3.03. The van der Waals surface area contributed by atoms with Crippen LogP contribution in [0.4, 0.5) is 0 Å². The largest absolute Gasteiger partial charge is 0.350 e. The van der Waals surface area contributed by atoms with Crippen LogP contribution in [0.15, 0.2) is 12.5 Å². The van der Waals surface area contributed by atoms with Crippen molar-refractivity contribution in [3.05, 3.63) is 18.2 Å². The Morgan fingerprint density at radius 1 is 1.85 bits per heavy atom. The summed E-state index contributed by atoms with van der Waals surface area (Å²) in [4.78, 5) is 17.8. The summed E-state index contributed by atoms with van der Waals surface area (Å²) in [6, 6.07) is -0.0956. The summed E-state index contributed by atoms with van der Waals surface area (Å²) in [6.45, 7) is 2.28. The van der Waals surface area contributed by atoms with E-state index in [0.717, 1.165) is 5.69 Å². The molecule has 1 unspecified atom stereocenters. The molecule has 1 rings (SSSR count). The standard InChI is InChI=1S/C8H14N4O/c1-6(9)2-8(13)11-4-7-3-10-5-12-7/h3,5-6H,2,4,9H2,1H3,(H,10,12)(H,11,13). The van der Waals surface area contributed by atoms with Crippen LogP contribution in [0, 0.1) is 0 Å². The highest BCUT2D eigenvalue weighted by atomic mass is 16.1. The molecule has 0 fully saturated rings. The lowest BCUT2D eigenvalue weighted by molar-refractivity contribution is -0.121. The van der Waals surface area contributed by atoms with Gasteiger partial charge in [-0.05, 0) is 6.92 Å². The van der Waals surface area contributed by atoms with Gasteiger partial charge in [-0.3, -0.25) is 4.79 Å². The Bertz CT molecular complexity index is 255. The second kappa shape index (κ2) is 4.61. The first-order valence-corrected chi connectivity index (χ1v) is 4.18. The first kappa shape index (κ1) is 9.73. The number of imidazole rings is 1. The summed E-state index contributed by atoms with van der Waals surface area (Å²) in [6.07, 6.45) is 3.60. The molecule has 13 heavy (non-hydrogen) atoms. The third kappa shape index (κ3) is 3.71. The van der Waals surface area contributed by atoms with Gasteiger partial charge in [-0.2, -0.15) is 0 Å². The van der Waals surface area contributed by atoms with Crippen LogP contribution in [0.5, 0.6) is 0 Å². The summed E-state index contributed by atoms with van der Waals surface area (Å²) >= 11 is 0. The highest BCUT2D eigenvalue weighted by Crippen LogP contribution is 1.91. The Balaban J connectivity index is 2.23. The molecule has 1 aromatic heterocycles. The van der Waals surface area contributed by atoms with Crippen molar-refractivity contribution in [1.29, 1.82) is 0 Å². The van der Waals surface area contributed by atoms with Gasteiger partial charge in [0.2, 0.25) is 5.91 Å². The lowest BCUT2D eigenvalue weighted by Gasteiger charge is -2.05. The van der Waals surface area contributed by atoms with Crippen LogP contribution in [0.2, 0.25) is 0 Å². The molecule has 1 aromatic rings. The van der Waals surface area contributed by atoms with E-state index in [9.17, 15) is 4.79 Å². The highest BCUT2D eigenvalue weighted by Gasteiger charge is 2.04. The number of hydrogen-bond acceptors (Lipinski definition) is 3. The van der Waals surface area contributed by atoms with E-state index in [1.807, 2.05) is 0 Å². The highest BCUT2D eigenvalue weighted by molar-refractivity contribution is 5.76. The number of carbonyl (C=O) groups is 1. The van der Waals surface area contributed by atoms with Gasteiger partial charge in [-0.1, -0.05) is 0 Å². The minimum absolute atomic E-state index is 0.0374. The zero-order valence-corrected chi connectivity index (χ0v) is 7.58. The number of hydrogen-bond donors (Lipinski definition) is 3. The second-order valence-corrected chi connectivity index (χ2v) is 3.03. The van der Waals surface area contributed by atoms with Gasteiger partial charge in [-0.15, -0.1) is 0 Å². The maximum Gasteiger partial charge on any atom is 0.221 e. The van der Waals surface area contributed by atoms with Crippen LogP contribution in [0.3, 0.4) is 0 Å². The van der Waals surface area contributed by atoms with Crippen LogP contribution >= 0.6 is 0 Å². The Kier molecular flexibility index (Phi) is 3.45. The smallest absolute Gasteiger partial charge is 0.221 e. The number of amides is 1. The van der Waals surface area contributed by atoms with E-state index >= 15 is 0 Å². The van der Waals surface area contributed by atoms with Gasteiger partial charge >= 0.3 is 0 Å². The number of nitrogens with zero attached hydrogens (tertiary/aromatic N) is 1. The molecule has 0 aromatic carbocycles. The van der Waals surface area contributed by atoms with E-state index in [-0.39, 0.29) is 11.9 Å². The van der Waals surface area contributed by atoms with Gasteiger partial charge in [0.25, 0.3) is 0 Å². The SMILES string of the molecule is CC(N)CC(=O)NCc1cnc[nH]1. The van der Waals surface area contributed by atoms with Crippen molar-refractivity contribution in [3.63, 3.8) is 0 Å². The first-order chi connectivity index (χ1) is 6.18. The fourth-order valence-electron chi connectivity index (χ4n) is 0.940. The predicted molar refractivity (Wildman–Crippen MR) is 48.7 cm³/mol. The molecule has 0 saturated heterocycles. The average molecular weight is 182 g/mol. The summed E-state index contributed by atoms with van der Waals surface area (Å²) in [7, 11) is 0. The summed E-state index contributed by atoms with van der Waals surface area (Å²) in [5.74, 6) is -0.0374. The molecule has 5 nitrogen and oxygen atoms in total. The fraction of sp³-hybridized carbons (Fsp3) is 0.500. The van der Waals surface area contributed by atoms with Crippen LogP contribution in [0.1, 0.15) is 19.0 Å². The van der Waals surface area contributed by atoms with Crippen molar-refractivity contribution in [2.24, 2.45) is 5.73 Å². The minimum atomic E-state index is -0.0956. The molecular weight excluding hydrogens is 168 g/mol. The van der Waals surface area contributed by atoms with E-state index in [1.54, 1.807) is 19.4 Å². The number of H-pyrrole nitrogens is 1. The quantitative estimate of drug-likeness (QED) is 0.601. The predicted octanol–water partition coefficient (Wildman–Crippen LogP) is -0.237. The van der Waals surface area contributed by atoms with Crippen LogP contribution < -0.4 is 11.1 Å². The summed E-state index contributed by atoms with van der Waals surface area (Å²) in [5, 5.41) is 2.73. The van der Waals surface area contributed by atoms with Crippen LogP contribution in [-0.2, 0) is 11.3 Å². The molecule has 1 heterocycles. The molecule has 1 amide bonds. The van der Waals surface area contributed by atoms with E-state index in [2.05, 4.69) is 15.3 Å². The third-order valence-electron chi connectivity index (χ3n) is 1.54. The molecule has 0 saturated carbocycles. The number of nitrogens with two attached hydrogens (primary N) is 1. The molecule has 72 valence electrons. The monoisotopic (exact) mass is 182 g/mol. The Labute approximate surface area is 76.7 Å². The van der Waals surface area contributed by atoms with Crippen molar-refractivity contribution in [2.75, 3.05) is 0 Å². The average Bonchev–Trinajstić information content (AvgIpc) is 2.51. The molecule has 0 radical (unpaired) electrons. The van der Waals surface area contributed by atoms with Crippen molar-refractivity contribution in [1.82, 2.24) is 15.3 Å². The summed E-state index contributed by atoms with van der Waals surface area (Å²) in [5.41, 5.74) is 6.35. The molecule has 4 N–H and O–H groups in total. The Hall–Kier alpha value is -1.36. The third-order valence-corrected chi connectivity index (χ3v) is 1.54. The zero-order chi connectivity index (χ0) is 9.68. The van der Waals surface area contributed by atoms with Gasteiger partial charge < -0.3 is 16.0 Å². The fourth-order valence-corrected chi connectivity index (χ4v) is 0.940. The molecule has 0 aliphatic heterocycles. The lowest BCUT2D eigenvalue weighted by atomic mass is 10.2. The van der Waals surface area contributed by atoms with Crippen molar-refractivity contribution in [2.45, 2.75) is 25.9 Å². The van der Waals surface area contributed by atoms with Crippen molar-refractivity contribution in [3.8, 4) is 0 Å². The zero-order valence-electron chi connectivity index (χ0n) is 7.58. The van der Waals surface area contributed by atoms with E-state index in [0.29, 0.717) is 13.0 Å².